The van der Waals surface area contributed by atoms with Gasteiger partial charge in [0.1, 0.15) is 0 Å². The van der Waals surface area contributed by atoms with Crippen LogP contribution in [0.2, 0.25) is 0 Å². The number of thioether (sulfide) groups is 1. The van der Waals surface area contributed by atoms with Gasteiger partial charge in [-0.1, -0.05) is 6.07 Å². The molecule has 0 fully saturated rings. The summed E-state index contributed by atoms with van der Waals surface area (Å²) in [5, 5.41) is 12.8. The average Bonchev–Trinajstić information content (AvgIpc) is 2.97. The number of alkyl halides is 3. The lowest BCUT2D eigenvalue weighted by Crippen LogP contribution is -2.25. The highest BCUT2D eigenvalue weighted by atomic mass is 35.5. The number of aryl methyl sites for hydroxylation is 1. The third-order valence-electron chi connectivity index (χ3n) is 3.80. The molecule has 0 spiro atoms. The number of amides is 1. The molecule has 1 aromatic carbocycles. The molecule has 5 nitrogen and oxygen atoms in total. The van der Waals surface area contributed by atoms with Crippen LogP contribution in [-0.4, -0.2) is 34.6 Å². The average molecular weight is 407 g/mol. The van der Waals surface area contributed by atoms with Crippen LogP contribution in [-0.2, 0) is 13.0 Å². The van der Waals surface area contributed by atoms with Gasteiger partial charge in [0.25, 0.3) is 5.91 Å². The van der Waals surface area contributed by atoms with Crippen molar-refractivity contribution < 1.29 is 18.0 Å². The number of halogens is 4. The molecule has 1 aromatic heterocycles. The monoisotopic (exact) mass is 406 g/mol. The summed E-state index contributed by atoms with van der Waals surface area (Å²) in [4.78, 5) is 12.9. The number of aromatic nitrogens is 2. The lowest BCUT2D eigenvalue weighted by Gasteiger charge is -2.14. The molecule has 0 atom stereocenters. The Hall–Kier alpha value is -1.71. The molecule has 10 heteroatoms. The lowest BCUT2D eigenvalue weighted by molar-refractivity contribution is -0.105. The number of fused-ring (bicyclic) bond motifs is 1. The number of carbonyl (C=O) groups is 1. The van der Waals surface area contributed by atoms with E-state index in [0.717, 1.165) is 29.8 Å². The van der Waals surface area contributed by atoms with Crippen LogP contribution in [0.25, 0.3) is 0 Å². The first-order chi connectivity index (χ1) is 11.8. The normalized spacial score (nSPS) is 13.7. The Bertz CT molecular complexity index is 794. The highest BCUT2D eigenvalue weighted by Crippen LogP contribution is 2.33. The molecule has 0 saturated carbocycles. The molecule has 3 rings (SSSR count). The molecule has 2 aromatic rings. The quantitative estimate of drug-likeness (QED) is 0.677. The number of aromatic amines is 1. The van der Waals surface area contributed by atoms with Crippen LogP contribution in [0, 0.1) is 6.92 Å². The van der Waals surface area contributed by atoms with Gasteiger partial charge in [-0.3, -0.25) is 9.89 Å². The maximum absolute atomic E-state index is 12.6. The largest absolute Gasteiger partial charge is 0.398 e. The van der Waals surface area contributed by atoms with Crippen molar-refractivity contribution in [1.29, 1.82) is 0 Å². The van der Waals surface area contributed by atoms with Crippen LogP contribution < -0.4 is 10.6 Å². The number of hydrogen-bond donors (Lipinski definition) is 3. The number of H-pyrrole nitrogens is 1. The van der Waals surface area contributed by atoms with E-state index in [1.807, 2.05) is 6.92 Å². The Balaban J connectivity index is 0.00000243. The molecular formula is C16H18ClF3N4OS. The number of hydrogen-bond acceptors (Lipinski definition) is 4. The van der Waals surface area contributed by atoms with Gasteiger partial charge in [-0.2, -0.15) is 18.3 Å². The van der Waals surface area contributed by atoms with Crippen LogP contribution in [0.5, 0.6) is 0 Å². The van der Waals surface area contributed by atoms with Gasteiger partial charge in [0, 0.05) is 35.7 Å². The van der Waals surface area contributed by atoms with Gasteiger partial charge in [-0.15, -0.1) is 24.2 Å². The Morgan fingerprint density at radius 3 is 2.88 bits per heavy atom. The first-order valence-electron chi connectivity index (χ1n) is 7.72. The molecule has 1 aliphatic heterocycles. The maximum atomic E-state index is 12.6. The number of carbonyl (C=O) groups excluding carboxylic acids is 1. The summed E-state index contributed by atoms with van der Waals surface area (Å²) in [6.45, 7) is 3.17. The van der Waals surface area contributed by atoms with Gasteiger partial charge >= 0.3 is 6.18 Å². The number of nitrogens with zero attached hydrogens (tertiary/aromatic N) is 1. The minimum Gasteiger partial charge on any atom is -0.320 e. The molecule has 26 heavy (non-hydrogen) atoms. The Morgan fingerprint density at radius 2 is 2.15 bits per heavy atom. The fourth-order valence-electron chi connectivity index (χ4n) is 2.62. The van der Waals surface area contributed by atoms with Crippen molar-refractivity contribution in [2.24, 2.45) is 0 Å². The topological polar surface area (TPSA) is 69.8 Å². The predicted molar refractivity (Wildman–Crippen MR) is 97.2 cm³/mol. The Kier molecular flexibility index (Phi) is 6.59. The molecule has 0 saturated heterocycles. The zero-order chi connectivity index (χ0) is 18.0. The zero-order valence-electron chi connectivity index (χ0n) is 13.9. The summed E-state index contributed by atoms with van der Waals surface area (Å²) in [6.07, 6.45) is -3.52. The van der Waals surface area contributed by atoms with Crippen molar-refractivity contribution in [3.63, 3.8) is 0 Å². The van der Waals surface area contributed by atoms with E-state index in [-0.39, 0.29) is 18.1 Å². The molecular weight excluding hydrogens is 389 g/mol. The Morgan fingerprint density at radius 1 is 1.38 bits per heavy atom. The Labute approximate surface area is 158 Å². The lowest BCUT2D eigenvalue weighted by atomic mass is 10.1. The predicted octanol–water partition coefficient (Wildman–Crippen LogP) is 3.69. The van der Waals surface area contributed by atoms with Gasteiger partial charge in [-0.05, 0) is 24.6 Å². The van der Waals surface area contributed by atoms with E-state index < -0.39 is 17.8 Å². The first kappa shape index (κ1) is 20.6. The molecule has 0 aliphatic carbocycles. The van der Waals surface area contributed by atoms with Gasteiger partial charge in [0.2, 0.25) is 0 Å². The third-order valence-corrected chi connectivity index (χ3v) is 4.93. The summed E-state index contributed by atoms with van der Waals surface area (Å²) in [5.74, 6) is -1.44. The number of rotatable bonds is 4. The van der Waals surface area contributed by atoms with Crippen LogP contribution in [0.15, 0.2) is 23.1 Å². The standard InChI is InChI=1S/C16H17F3N4OS.ClH/c1-9-2-3-13(25-8-16(17,18)19)12(6-9)21-15(24)14-10-7-20-5-4-11(10)22-23-14;/h2-3,6,20H,4-5,7-8H2,1H3,(H,21,24)(H,22,23);1H. The second-order valence-corrected chi connectivity index (χ2v) is 6.83. The van der Waals surface area contributed by atoms with E-state index in [4.69, 9.17) is 0 Å². The van der Waals surface area contributed by atoms with E-state index in [9.17, 15) is 18.0 Å². The molecule has 0 bridgehead atoms. The number of benzene rings is 1. The molecule has 0 radical (unpaired) electrons. The van der Waals surface area contributed by atoms with Crippen molar-refractivity contribution >= 4 is 35.8 Å². The molecule has 1 amide bonds. The minimum atomic E-state index is -4.27. The summed E-state index contributed by atoms with van der Waals surface area (Å²) in [5.41, 5.74) is 3.20. The highest BCUT2D eigenvalue weighted by molar-refractivity contribution is 7.99. The van der Waals surface area contributed by atoms with Crippen LogP contribution in [0.4, 0.5) is 18.9 Å². The summed E-state index contributed by atoms with van der Waals surface area (Å²) >= 11 is 0.650. The smallest absolute Gasteiger partial charge is 0.320 e. The van der Waals surface area contributed by atoms with E-state index in [1.165, 1.54) is 0 Å². The van der Waals surface area contributed by atoms with Crippen LogP contribution in [0.1, 0.15) is 27.3 Å². The van der Waals surface area contributed by atoms with Gasteiger partial charge < -0.3 is 10.6 Å². The van der Waals surface area contributed by atoms with E-state index in [0.29, 0.717) is 28.9 Å². The molecule has 0 unspecified atom stereocenters. The van der Waals surface area contributed by atoms with Crippen LogP contribution in [0.3, 0.4) is 0 Å². The zero-order valence-corrected chi connectivity index (χ0v) is 15.5. The SMILES string of the molecule is Cc1ccc(SCC(F)(F)F)c(NC(=O)c2n[nH]c3c2CNCC3)c1.Cl. The third kappa shape index (κ3) is 4.93. The second kappa shape index (κ2) is 8.32. The van der Waals surface area contributed by atoms with E-state index >= 15 is 0 Å². The minimum absolute atomic E-state index is 0. The fourth-order valence-corrected chi connectivity index (χ4v) is 3.37. The molecule has 1 aliphatic rings. The van der Waals surface area contributed by atoms with Gasteiger partial charge in [0.15, 0.2) is 5.69 Å². The number of anilines is 1. The second-order valence-electron chi connectivity index (χ2n) is 5.81. The van der Waals surface area contributed by atoms with Gasteiger partial charge in [0.05, 0.1) is 11.4 Å². The van der Waals surface area contributed by atoms with E-state index in [2.05, 4.69) is 20.8 Å². The first-order valence-corrected chi connectivity index (χ1v) is 8.70. The summed E-state index contributed by atoms with van der Waals surface area (Å²) < 4.78 is 37.5. The summed E-state index contributed by atoms with van der Waals surface area (Å²) in [7, 11) is 0. The van der Waals surface area contributed by atoms with Crippen molar-refractivity contribution in [3.05, 3.63) is 40.7 Å². The number of nitrogens with one attached hydrogen (secondary N) is 3. The molecule has 142 valence electrons. The van der Waals surface area contributed by atoms with Crippen LogP contribution >= 0.6 is 24.2 Å². The highest BCUT2D eigenvalue weighted by Gasteiger charge is 2.28. The summed E-state index contributed by atoms with van der Waals surface area (Å²) in [6, 6.07) is 4.96. The molecule has 3 N–H and O–H groups in total. The van der Waals surface area contributed by atoms with Gasteiger partial charge in [-0.25, -0.2) is 0 Å². The van der Waals surface area contributed by atoms with Crippen molar-refractivity contribution in [2.45, 2.75) is 31.0 Å². The van der Waals surface area contributed by atoms with E-state index in [1.54, 1.807) is 18.2 Å². The molecule has 2 heterocycles. The fraction of sp³-hybridized carbons (Fsp3) is 0.375. The van der Waals surface area contributed by atoms with Crippen molar-refractivity contribution in [1.82, 2.24) is 15.5 Å². The van der Waals surface area contributed by atoms with Crippen molar-refractivity contribution in [2.75, 3.05) is 17.6 Å². The van der Waals surface area contributed by atoms with Crippen molar-refractivity contribution in [3.8, 4) is 0 Å². The maximum Gasteiger partial charge on any atom is 0.398 e.